The second kappa shape index (κ2) is 9.33. The van der Waals surface area contributed by atoms with Crippen LogP contribution in [0.25, 0.3) is 5.57 Å². The van der Waals surface area contributed by atoms with Crippen LogP contribution in [0, 0.1) is 11.8 Å². The molecule has 0 aromatic carbocycles. The number of aromatic nitrogens is 1. The summed E-state index contributed by atoms with van der Waals surface area (Å²) in [5.74, 6) is 1.49. The fourth-order valence-electron chi connectivity index (χ4n) is 5.41. The Labute approximate surface area is 212 Å². The normalized spacial score (nSPS) is 26.7. The van der Waals surface area contributed by atoms with Gasteiger partial charge in [-0.05, 0) is 47.0 Å². The lowest BCUT2D eigenvalue weighted by molar-refractivity contribution is 0.0288. The molecule has 9 heteroatoms. The average molecular weight is 500 g/mol. The van der Waals surface area contributed by atoms with Gasteiger partial charge in [-0.15, -0.1) is 11.3 Å². The van der Waals surface area contributed by atoms with Gasteiger partial charge in [0.15, 0.2) is 10.8 Å². The van der Waals surface area contributed by atoms with Crippen molar-refractivity contribution in [2.75, 3.05) is 26.4 Å². The van der Waals surface area contributed by atoms with Gasteiger partial charge in [-0.2, -0.15) is 0 Å². The molecule has 1 amide bonds. The Balaban J connectivity index is 1.38. The molecule has 1 saturated heterocycles. The highest BCUT2D eigenvalue weighted by Gasteiger charge is 2.39. The Morgan fingerprint density at radius 1 is 1.31 bits per heavy atom. The van der Waals surface area contributed by atoms with E-state index in [-0.39, 0.29) is 18.1 Å². The highest BCUT2D eigenvalue weighted by Crippen LogP contribution is 2.42. The number of thiazole rings is 1. The van der Waals surface area contributed by atoms with Crippen molar-refractivity contribution >= 4 is 28.8 Å². The van der Waals surface area contributed by atoms with Crippen LogP contribution in [0.3, 0.4) is 0 Å². The standard InChI is InChI=1S/C26H37N5O3S/c1-15(2)31-23(27-14-28-31)24-29-21-19-8-7-18(16(3)22(19)33-12-10-20(21)35-24)17-9-11-30(13-17)25(32)34-26(4,5)6/h7-8,15-17,22,28H,9-14H2,1-6H3. The van der Waals surface area contributed by atoms with Crippen molar-refractivity contribution in [1.82, 2.24) is 20.3 Å². The Kier molecular flexibility index (Phi) is 6.52. The highest BCUT2D eigenvalue weighted by atomic mass is 32.1. The molecule has 1 N–H and O–H groups in total. The first kappa shape index (κ1) is 24.5. The van der Waals surface area contributed by atoms with E-state index in [1.807, 2.05) is 25.7 Å². The lowest BCUT2D eigenvalue weighted by atomic mass is 9.78. The molecular weight excluding hydrogens is 462 g/mol. The number of rotatable bonds is 3. The molecule has 35 heavy (non-hydrogen) atoms. The summed E-state index contributed by atoms with van der Waals surface area (Å²) < 4.78 is 12.0. The first-order valence-electron chi connectivity index (χ1n) is 12.7. The first-order valence-corrected chi connectivity index (χ1v) is 13.5. The number of carbonyl (C=O) groups is 1. The summed E-state index contributed by atoms with van der Waals surface area (Å²) in [5.41, 5.74) is 6.45. The van der Waals surface area contributed by atoms with E-state index in [1.54, 1.807) is 11.3 Å². The predicted octanol–water partition coefficient (Wildman–Crippen LogP) is 4.23. The van der Waals surface area contributed by atoms with Crippen LogP contribution in [0.15, 0.2) is 22.7 Å². The zero-order valence-electron chi connectivity index (χ0n) is 21.6. The van der Waals surface area contributed by atoms with Crippen molar-refractivity contribution in [2.24, 2.45) is 16.8 Å². The second-order valence-electron chi connectivity index (χ2n) is 11.1. The van der Waals surface area contributed by atoms with Gasteiger partial charge >= 0.3 is 6.09 Å². The van der Waals surface area contributed by atoms with Crippen LogP contribution >= 0.6 is 11.3 Å². The van der Waals surface area contributed by atoms with Crippen LogP contribution in [0.5, 0.6) is 0 Å². The molecule has 1 fully saturated rings. The SMILES string of the molecule is CC1C(C2CCN(C(=O)OC(C)(C)C)C2)=CC=C2c3nc(C4=NCNN4C(C)C)sc3CCOC21. The average Bonchev–Trinajstić information content (AvgIpc) is 3.51. The number of likely N-dealkylation sites (tertiary alicyclic amines) is 1. The van der Waals surface area contributed by atoms with Crippen molar-refractivity contribution in [3.63, 3.8) is 0 Å². The van der Waals surface area contributed by atoms with Gasteiger partial charge < -0.3 is 14.4 Å². The monoisotopic (exact) mass is 499 g/mol. The van der Waals surface area contributed by atoms with E-state index >= 15 is 0 Å². The molecule has 1 aromatic heterocycles. The number of hydrogen-bond acceptors (Lipinski definition) is 8. The third-order valence-electron chi connectivity index (χ3n) is 7.06. The number of allylic oxidation sites excluding steroid dienone is 2. The zero-order valence-corrected chi connectivity index (χ0v) is 22.4. The molecule has 0 radical (unpaired) electrons. The number of hydrogen-bond donors (Lipinski definition) is 1. The maximum Gasteiger partial charge on any atom is 0.410 e. The van der Waals surface area contributed by atoms with Crippen molar-refractivity contribution < 1.29 is 14.3 Å². The predicted molar refractivity (Wildman–Crippen MR) is 138 cm³/mol. The van der Waals surface area contributed by atoms with Gasteiger partial charge in [-0.25, -0.2) is 20.2 Å². The molecule has 3 unspecified atom stereocenters. The number of amides is 1. The lowest BCUT2D eigenvalue weighted by Crippen LogP contribution is -2.42. The Hall–Kier alpha value is -2.23. The molecular formula is C26H37N5O3S. The third-order valence-corrected chi connectivity index (χ3v) is 8.17. The number of amidine groups is 1. The number of fused-ring (bicyclic) bond motifs is 3. The molecule has 4 aliphatic rings. The summed E-state index contributed by atoms with van der Waals surface area (Å²) in [6, 6.07) is 0.308. The van der Waals surface area contributed by atoms with Gasteiger partial charge in [0.05, 0.1) is 18.4 Å². The molecule has 1 aliphatic carbocycles. The fourth-order valence-corrected chi connectivity index (χ4v) is 6.48. The Bertz CT molecular complexity index is 1080. The van der Waals surface area contributed by atoms with Gasteiger partial charge in [-0.3, -0.25) is 5.01 Å². The van der Waals surface area contributed by atoms with Gasteiger partial charge in [-0.1, -0.05) is 24.6 Å². The summed E-state index contributed by atoms with van der Waals surface area (Å²) in [6.45, 7) is 15.0. The molecule has 4 heterocycles. The van der Waals surface area contributed by atoms with Crippen LogP contribution in [0.2, 0.25) is 0 Å². The molecule has 5 rings (SSSR count). The summed E-state index contributed by atoms with van der Waals surface area (Å²) in [7, 11) is 0. The number of nitrogens with zero attached hydrogens (tertiary/aromatic N) is 4. The van der Waals surface area contributed by atoms with Crippen molar-refractivity contribution in [1.29, 1.82) is 0 Å². The van der Waals surface area contributed by atoms with E-state index in [0.717, 1.165) is 35.9 Å². The third kappa shape index (κ3) is 4.78. The van der Waals surface area contributed by atoms with E-state index in [4.69, 9.17) is 14.5 Å². The van der Waals surface area contributed by atoms with E-state index in [2.05, 4.69) is 48.4 Å². The number of nitrogens with one attached hydrogen (secondary N) is 1. The van der Waals surface area contributed by atoms with Gasteiger partial charge in [0, 0.05) is 41.9 Å². The van der Waals surface area contributed by atoms with Crippen LogP contribution < -0.4 is 5.43 Å². The number of hydrazine groups is 1. The molecule has 3 aliphatic heterocycles. The van der Waals surface area contributed by atoms with Gasteiger partial charge in [0.2, 0.25) is 0 Å². The summed E-state index contributed by atoms with van der Waals surface area (Å²) >= 11 is 1.73. The molecule has 8 nitrogen and oxygen atoms in total. The smallest absolute Gasteiger partial charge is 0.410 e. The van der Waals surface area contributed by atoms with Crippen LogP contribution in [-0.2, 0) is 15.9 Å². The van der Waals surface area contributed by atoms with E-state index < -0.39 is 5.60 Å². The van der Waals surface area contributed by atoms with Crippen molar-refractivity contribution in [3.8, 4) is 0 Å². The summed E-state index contributed by atoms with van der Waals surface area (Å²) in [6.07, 6.45) is 6.04. The molecule has 190 valence electrons. The highest BCUT2D eigenvalue weighted by molar-refractivity contribution is 7.13. The van der Waals surface area contributed by atoms with E-state index in [9.17, 15) is 4.79 Å². The topological polar surface area (TPSA) is 79.3 Å². The van der Waals surface area contributed by atoms with E-state index in [0.29, 0.717) is 31.8 Å². The largest absolute Gasteiger partial charge is 0.444 e. The molecule has 0 bridgehead atoms. The van der Waals surface area contributed by atoms with Gasteiger partial charge in [0.1, 0.15) is 12.3 Å². The van der Waals surface area contributed by atoms with Crippen molar-refractivity contribution in [2.45, 2.75) is 72.1 Å². The number of carbonyl (C=O) groups excluding carboxylic acids is 1. The maximum absolute atomic E-state index is 12.6. The molecule has 3 atom stereocenters. The zero-order chi connectivity index (χ0) is 24.9. The minimum absolute atomic E-state index is 0.0216. The Morgan fingerprint density at radius 3 is 2.86 bits per heavy atom. The van der Waals surface area contributed by atoms with E-state index in [1.165, 1.54) is 16.0 Å². The first-order chi connectivity index (χ1) is 16.6. The summed E-state index contributed by atoms with van der Waals surface area (Å²) in [5, 5.41) is 3.08. The van der Waals surface area contributed by atoms with Crippen LogP contribution in [-0.4, -0.2) is 70.9 Å². The molecule has 0 spiro atoms. The minimum atomic E-state index is -0.477. The Morgan fingerprint density at radius 2 is 2.11 bits per heavy atom. The minimum Gasteiger partial charge on any atom is -0.444 e. The number of ether oxygens (including phenoxy) is 2. The number of aliphatic imine (C=N–C) groups is 1. The van der Waals surface area contributed by atoms with Gasteiger partial charge in [0.25, 0.3) is 0 Å². The lowest BCUT2D eigenvalue weighted by Gasteiger charge is -2.33. The van der Waals surface area contributed by atoms with Crippen LogP contribution in [0.4, 0.5) is 4.79 Å². The van der Waals surface area contributed by atoms with Crippen molar-refractivity contribution in [3.05, 3.63) is 33.3 Å². The molecule has 0 saturated carbocycles. The second-order valence-corrected chi connectivity index (χ2v) is 12.2. The summed E-state index contributed by atoms with van der Waals surface area (Å²) in [4.78, 5) is 25.5. The quantitative estimate of drug-likeness (QED) is 0.670. The molecule has 1 aromatic rings. The van der Waals surface area contributed by atoms with Crippen LogP contribution in [0.1, 0.15) is 63.5 Å². The fraction of sp³-hybridized carbons (Fsp3) is 0.654. The maximum atomic E-state index is 12.6.